The molecule has 2 aromatic heterocycles. The molecule has 0 saturated carbocycles. The number of carbonyl (C=O) groups is 4. The van der Waals surface area contributed by atoms with E-state index in [9.17, 15) is 9.90 Å². The van der Waals surface area contributed by atoms with Gasteiger partial charge in [0.25, 0.3) is 11.8 Å². The van der Waals surface area contributed by atoms with Gasteiger partial charge in [-0.15, -0.1) is 23.1 Å². The second kappa shape index (κ2) is 30.5. The van der Waals surface area contributed by atoms with E-state index in [0.29, 0.717) is 26.9 Å². The van der Waals surface area contributed by atoms with Crippen LogP contribution in [-0.4, -0.2) is 84.9 Å². The summed E-state index contributed by atoms with van der Waals surface area (Å²) < 4.78 is 31.1. The number of nitrogens with zero attached hydrogens (tertiary/aromatic N) is 4. The van der Waals surface area contributed by atoms with Gasteiger partial charge in [0.15, 0.2) is 33.9 Å². The average molecular weight is 1380 g/mol. The highest BCUT2D eigenvalue weighted by Gasteiger charge is 2.56. The van der Waals surface area contributed by atoms with Crippen LogP contribution in [0.15, 0.2) is 270 Å². The summed E-state index contributed by atoms with van der Waals surface area (Å²) in [6.45, 7) is 8.25. The maximum atomic E-state index is 15.7. The van der Waals surface area contributed by atoms with Crippen molar-refractivity contribution in [1.29, 1.82) is 0 Å². The zero-order valence-corrected chi connectivity index (χ0v) is 57.5. The Bertz CT molecular complexity index is 4320. The molecule has 99 heavy (non-hydrogen) atoms. The molecular formula is C79H72N6O11S3. The summed E-state index contributed by atoms with van der Waals surface area (Å²) in [5.74, 6) is -2.42. The lowest BCUT2D eigenvalue weighted by atomic mass is 9.77. The Labute approximate surface area is 587 Å². The second-order valence-corrected chi connectivity index (χ2v) is 27.9. The van der Waals surface area contributed by atoms with Crippen molar-refractivity contribution in [3.63, 3.8) is 0 Å². The summed E-state index contributed by atoms with van der Waals surface area (Å²) in [7, 11) is 1.59. The standard InChI is InChI=1S/C79H72N6O11S3/c1-77(2,3)95-75(90)78(4,5)96-84-65(61-49-98-76(81-61)83-79(56-36-22-11-23-37-56,57-38-24-12-25-39-57)58-40-26-13-27-41-58)70(87)82-66-71(88)85-67(73(89)93-68(52-28-14-7-15-29-52)53-30-16-8-17-31-53)64(50-97-72(66)85)99-74(94-69(54-32-18-9-19-33-54)55-34-20-10-21-35-55)60-46-62(86)63(47-80-60)92-48-51-42-44-59(91-6)45-43-51/h7-47,49,66,68-69,72,74H,48,50H2,1-6H3,(H,80,86)(H,81,83)(H,82,87)/t66?,72-,74?/m0/s1. The number of esters is 2. The van der Waals surface area contributed by atoms with E-state index in [2.05, 4.69) is 15.8 Å². The van der Waals surface area contributed by atoms with Gasteiger partial charge in [0, 0.05) is 22.1 Å². The SMILES string of the molecule is COc1ccc(COc2cnc(C(OC(c3ccccc3)c3ccccc3)SC3=C(C(=O)OC(c4ccccc4)c4ccccc4)N4C(=O)C(NC(=O)C(=NOC(C)(C)C(=O)OC(C)(C)C)c5csc(NC(c6ccccc6)(c6ccccc6)c6ccccc6)n5)[C@@H]4SC3)cc2O)cc1. The first-order chi connectivity index (χ1) is 48.0. The maximum absolute atomic E-state index is 15.7. The monoisotopic (exact) mass is 1380 g/mol. The number of hydrogen-bond acceptors (Lipinski definition) is 18. The lowest BCUT2D eigenvalue weighted by Gasteiger charge is -2.49. The fraction of sp³-hybridized carbons (Fsp3) is 0.203. The van der Waals surface area contributed by atoms with Crippen molar-refractivity contribution in [2.24, 2.45) is 5.16 Å². The Balaban J connectivity index is 0.916. The van der Waals surface area contributed by atoms with Crippen LogP contribution in [0.5, 0.6) is 17.2 Å². The molecule has 3 atom stereocenters. The van der Waals surface area contributed by atoms with Crippen molar-refractivity contribution >= 4 is 69.5 Å². The van der Waals surface area contributed by atoms with E-state index in [1.807, 2.05) is 237 Å². The van der Waals surface area contributed by atoms with Gasteiger partial charge >= 0.3 is 11.9 Å². The number of ether oxygens (including phenoxy) is 5. The van der Waals surface area contributed by atoms with Gasteiger partial charge in [-0.05, 0) is 91.3 Å². The zero-order chi connectivity index (χ0) is 69.1. The maximum Gasteiger partial charge on any atom is 0.356 e. The molecule has 0 spiro atoms. The zero-order valence-electron chi connectivity index (χ0n) is 55.1. The number of amides is 2. The third-order valence-electron chi connectivity index (χ3n) is 16.4. The molecule has 12 rings (SSSR count). The smallest absolute Gasteiger partial charge is 0.356 e. The molecule has 502 valence electrons. The molecular weight excluding hydrogens is 1310 g/mol. The molecule has 2 aliphatic heterocycles. The van der Waals surface area contributed by atoms with Crippen LogP contribution < -0.4 is 20.1 Å². The minimum absolute atomic E-state index is 0.0607. The largest absolute Gasteiger partial charge is 0.504 e. The van der Waals surface area contributed by atoms with Crippen LogP contribution in [-0.2, 0) is 50.4 Å². The number of hydrogen-bond donors (Lipinski definition) is 3. The molecule has 8 aromatic carbocycles. The van der Waals surface area contributed by atoms with Gasteiger partial charge in [-0.2, -0.15) is 0 Å². The number of pyridine rings is 1. The van der Waals surface area contributed by atoms with Crippen LogP contribution in [0.2, 0.25) is 0 Å². The number of benzene rings is 8. The molecule has 4 heterocycles. The van der Waals surface area contributed by atoms with Gasteiger partial charge in [0.1, 0.15) is 52.4 Å². The first-order valence-corrected chi connectivity index (χ1v) is 34.8. The quantitative estimate of drug-likeness (QED) is 0.0115. The van der Waals surface area contributed by atoms with Crippen LogP contribution in [0, 0.1) is 0 Å². The number of anilines is 1. The molecule has 2 unspecified atom stereocenters. The number of oxime groups is 1. The summed E-state index contributed by atoms with van der Waals surface area (Å²) >= 11 is 3.65. The lowest BCUT2D eigenvalue weighted by Crippen LogP contribution is -2.71. The summed E-state index contributed by atoms with van der Waals surface area (Å²) in [4.78, 5) is 77.9. The van der Waals surface area contributed by atoms with Crippen molar-refractivity contribution in [3.8, 4) is 17.2 Å². The first-order valence-electron chi connectivity index (χ1n) is 32.0. The minimum atomic E-state index is -1.72. The fourth-order valence-corrected chi connectivity index (χ4v) is 14.8. The highest BCUT2D eigenvalue weighted by molar-refractivity contribution is 8.06. The number of β-lactam (4-membered cyclic amide) rings is 1. The van der Waals surface area contributed by atoms with Crippen molar-refractivity contribution in [1.82, 2.24) is 20.2 Å². The molecule has 2 aliphatic rings. The van der Waals surface area contributed by atoms with Gasteiger partial charge in [0.05, 0.1) is 19.0 Å². The number of carbonyl (C=O) groups excluding carboxylic acids is 4. The number of nitrogens with one attached hydrogen (secondary N) is 2. The van der Waals surface area contributed by atoms with Crippen LogP contribution in [0.3, 0.4) is 0 Å². The number of methoxy groups -OCH3 is 1. The van der Waals surface area contributed by atoms with Gasteiger partial charge in [-0.1, -0.05) is 241 Å². The van der Waals surface area contributed by atoms with E-state index in [0.717, 1.165) is 45.1 Å². The molecule has 2 amide bonds. The summed E-state index contributed by atoms with van der Waals surface area (Å²) in [5.41, 5.74) is 1.68. The number of aromatic hydroxyl groups is 1. The van der Waals surface area contributed by atoms with Gasteiger partial charge in [-0.25, -0.2) is 14.6 Å². The predicted octanol–water partition coefficient (Wildman–Crippen LogP) is 15.3. The number of thioether (sulfide) groups is 2. The Morgan fingerprint density at radius 2 is 1.19 bits per heavy atom. The van der Waals surface area contributed by atoms with E-state index in [-0.39, 0.29) is 46.7 Å². The van der Waals surface area contributed by atoms with Crippen LogP contribution in [0.25, 0.3) is 0 Å². The number of thiazole rings is 1. The highest BCUT2D eigenvalue weighted by atomic mass is 32.2. The fourth-order valence-electron chi connectivity index (χ4n) is 11.4. The minimum Gasteiger partial charge on any atom is -0.504 e. The lowest BCUT2D eigenvalue weighted by molar-refractivity contribution is -0.179. The summed E-state index contributed by atoms with van der Waals surface area (Å²) in [6.07, 6.45) is -0.229. The molecule has 0 aliphatic carbocycles. The molecule has 3 N–H and O–H groups in total. The second-order valence-electron chi connectivity index (χ2n) is 24.8. The van der Waals surface area contributed by atoms with Gasteiger partial charge < -0.3 is 44.3 Å². The molecule has 0 bridgehead atoms. The molecule has 17 nitrogen and oxygen atoms in total. The van der Waals surface area contributed by atoms with Crippen LogP contribution >= 0.6 is 34.9 Å². The Hall–Kier alpha value is -10.5. The normalized spacial score (nSPS) is 15.1. The first kappa shape index (κ1) is 68.4. The van der Waals surface area contributed by atoms with Crippen molar-refractivity contribution in [2.45, 2.75) is 87.0 Å². The van der Waals surface area contributed by atoms with E-state index < -0.39 is 69.6 Å². The van der Waals surface area contributed by atoms with Gasteiger partial charge in [0.2, 0.25) is 5.60 Å². The van der Waals surface area contributed by atoms with Crippen molar-refractivity contribution in [2.75, 3.05) is 18.2 Å². The third kappa shape index (κ3) is 15.8. The molecule has 20 heteroatoms. The van der Waals surface area contributed by atoms with E-state index in [1.54, 1.807) is 33.3 Å². The van der Waals surface area contributed by atoms with Crippen LogP contribution in [0.4, 0.5) is 5.13 Å². The van der Waals surface area contributed by atoms with E-state index >= 15 is 14.4 Å². The summed E-state index contributed by atoms with van der Waals surface area (Å²) in [6, 6.07) is 75.3. The third-order valence-corrected chi connectivity index (χ3v) is 19.8. The molecule has 1 saturated heterocycles. The topological polar surface area (TPSA) is 209 Å². The Morgan fingerprint density at radius 3 is 1.69 bits per heavy atom. The van der Waals surface area contributed by atoms with Crippen molar-refractivity contribution < 1.29 is 52.8 Å². The van der Waals surface area contributed by atoms with Gasteiger partial charge in [-0.3, -0.25) is 19.5 Å². The predicted molar refractivity (Wildman–Crippen MR) is 385 cm³/mol. The van der Waals surface area contributed by atoms with Crippen molar-refractivity contribution in [3.05, 3.63) is 321 Å². The summed E-state index contributed by atoms with van der Waals surface area (Å²) in [5, 5.41) is 24.1. The number of aromatic nitrogens is 2. The number of rotatable bonds is 26. The van der Waals surface area contributed by atoms with Crippen LogP contribution in [0.1, 0.15) is 108 Å². The van der Waals surface area contributed by atoms with E-state index in [4.69, 9.17) is 38.5 Å². The average Bonchev–Trinajstić information content (AvgIpc) is 0.897. The molecule has 0 radical (unpaired) electrons. The van der Waals surface area contributed by atoms with E-state index in [1.165, 1.54) is 54.1 Å². The highest BCUT2D eigenvalue weighted by Crippen LogP contribution is 2.51. The molecule has 1 fully saturated rings. The Morgan fingerprint density at radius 1 is 0.687 bits per heavy atom. The number of fused-ring (bicyclic) bond motifs is 1. The molecule has 10 aromatic rings. The Kier molecular flexibility index (Phi) is 21.1.